The van der Waals surface area contributed by atoms with Gasteiger partial charge in [-0.25, -0.2) is 9.55 Å². The van der Waals surface area contributed by atoms with Crippen molar-refractivity contribution in [1.82, 2.24) is 4.98 Å². The maximum Gasteiger partial charge on any atom is 0.460 e. The number of imidazole rings is 1. The van der Waals surface area contributed by atoms with Gasteiger partial charge in [0.1, 0.15) is 6.20 Å². The van der Waals surface area contributed by atoms with Gasteiger partial charge < -0.3 is 0 Å². The van der Waals surface area contributed by atoms with Crippen molar-refractivity contribution in [2.75, 3.05) is 0 Å². The van der Waals surface area contributed by atoms with E-state index in [-0.39, 0.29) is 10.8 Å². The van der Waals surface area contributed by atoms with Crippen molar-refractivity contribution in [2.45, 2.75) is 23.9 Å². The van der Waals surface area contributed by atoms with Crippen LogP contribution in [0.5, 0.6) is 0 Å². The van der Waals surface area contributed by atoms with Gasteiger partial charge in [-0.15, -0.1) is 0 Å². The van der Waals surface area contributed by atoms with Crippen LogP contribution >= 0.6 is 0 Å². The van der Waals surface area contributed by atoms with Crippen LogP contribution < -0.4 is 4.57 Å². The Kier molecular flexibility index (Phi) is 3.32. The van der Waals surface area contributed by atoms with E-state index in [1.54, 1.807) is 0 Å². The SMILES string of the molecule is C[n+]1c[nH]cc1C(F)(F)C(F)(F)C(F)(F)C(F)(F)F. The average Bonchev–Trinajstić information content (AvgIpc) is 2.62. The Bertz CT molecular complexity index is 459. The average molecular weight is 301 g/mol. The van der Waals surface area contributed by atoms with Gasteiger partial charge in [-0.2, -0.15) is 39.5 Å². The lowest BCUT2D eigenvalue weighted by molar-refractivity contribution is -0.689. The summed E-state index contributed by atoms with van der Waals surface area (Å²) < 4.78 is 113. The molecule has 0 aliphatic heterocycles. The first-order valence-electron chi connectivity index (χ1n) is 4.50. The van der Waals surface area contributed by atoms with Crippen molar-refractivity contribution in [2.24, 2.45) is 7.05 Å². The molecule has 0 aliphatic carbocycles. The molecule has 0 radical (unpaired) electrons. The number of rotatable bonds is 3. The summed E-state index contributed by atoms with van der Waals surface area (Å²) in [7, 11) is 0.779. The summed E-state index contributed by atoms with van der Waals surface area (Å²) >= 11 is 0. The fourth-order valence-electron chi connectivity index (χ4n) is 1.25. The van der Waals surface area contributed by atoms with Gasteiger partial charge in [-0.3, -0.25) is 0 Å². The number of aryl methyl sites for hydroxylation is 1. The molecule has 0 atom stereocenters. The third-order valence-corrected chi connectivity index (χ3v) is 2.33. The monoisotopic (exact) mass is 301 g/mol. The number of aromatic nitrogens is 2. The highest BCUT2D eigenvalue weighted by Crippen LogP contribution is 2.55. The minimum atomic E-state index is -6.88. The largest absolute Gasteiger partial charge is 0.460 e. The zero-order valence-electron chi connectivity index (χ0n) is 9.00. The number of H-pyrrole nitrogens is 1. The van der Waals surface area contributed by atoms with E-state index in [0.29, 0.717) is 6.33 Å². The van der Waals surface area contributed by atoms with Crippen molar-refractivity contribution in [3.05, 3.63) is 18.2 Å². The van der Waals surface area contributed by atoms with Crippen molar-refractivity contribution < 1.29 is 44.1 Å². The second kappa shape index (κ2) is 4.04. The van der Waals surface area contributed by atoms with E-state index >= 15 is 0 Å². The Morgan fingerprint density at radius 3 is 1.68 bits per heavy atom. The predicted octanol–water partition coefficient (Wildman–Crippen LogP) is 2.76. The van der Waals surface area contributed by atoms with Gasteiger partial charge in [-0.1, -0.05) is 0 Å². The second-order valence-electron chi connectivity index (χ2n) is 3.66. The number of aromatic amines is 1. The fraction of sp³-hybridized carbons (Fsp3) is 0.625. The summed E-state index contributed by atoms with van der Waals surface area (Å²) in [5.41, 5.74) is -1.71. The second-order valence-corrected chi connectivity index (χ2v) is 3.66. The topological polar surface area (TPSA) is 19.7 Å². The molecule has 1 rings (SSSR count). The molecule has 0 unspecified atom stereocenters. The number of nitrogens with one attached hydrogen (secondary N) is 1. The fourth-order valence-corrected chi connectivity index (χ4v) is 1.25. The number of hydrogen-bond donors (Lipinski definition) is 1. The molecule has 0 aromatic carbocycles. The molecule has 0 saturated carbocycles. The maximum atomic E-state index is 13.3. The predicted molar refractivity (Wildman–Crippen MR) is 41.8 cm³/mol. The molecule has 0 fully saturated rings. The van der Waals surface area contributed by atoms with Crippen LogP contribution in [0.15, 0.2) is 12.5 Å². The van der Waals surface area contributed by atoms with E-state index in [2.05, 4.69) is 0 Å². The lowest BCUT2D eigenvalue weighted by Gasteiger charge is -2.32. The maximum absolute atomic E-state index is 13.3. The molecule has 1 N–H and O–H groups in total. The van der Waals surface area contributed by atoms with Crippen molar-refractivity contribution in [3.63, 3.8) is 0 Å². The van der Waals surface area contributed by atoms with Crippen LogP contribution in [0.3, 0.4) is 0 Å². The molecule has 0 amide bonds. The highest BCUT2D eigenvalue weighted by atomic mass is 19.4. The Morgan fingerprint density at radius 1 is 0.895 bits per heavy atom. The van der Waals surface area contributed by atoms with Crippen LogP contribution in [0.25, 0.3) is 0 Å². The van der Waals surface area contributed by atoms with E-state index < -0.39 is 29.6 Å². The summed E-state index contributed by atoms with van der Waals surface area (Å²) in [6.45, 7) is 0. The van der Waals surface area contributed by atoms with Crippen molar-refractivity contribution in [1.29, 1.82) is 0 Å². The molecule has 1 aromatic heterocycles. The minimum Gasteiger partial charge on any atom is -0.250 e. The van der Waals surface area contributed by atoms with Crippen LogP contribution in [0.4, 0.5) is 39.5 Å². The quantitative estimate of drug-likeness (QED) is 0.654. The zero-order valence-corrected chi connectivity index (χ0v) is 9.00. The summed E-state index contributed by atoms with van der Waals surface area (Å²) in [5, 5.41) is 0. The first-order chi connectivity index (χ1) is 8.27. The van der Waals surface area contributed by atoms with Crippen LogP contribution in [-0.4, -0.2) is 23.0 Å². The molecule has 11 heteroatoms. The van der Waals surface area contributed by atoms with Crippen LogP contribution in [-0.2, 0) is 13.0 Å². The van der Waals surface area contributed by atoms with Gasteiger partial charge in [0.25, 0.3) is 0 Å². The van der Waals surface area contributed by atoms with Crippen LogP contribution in [0, 0.1) is 0 Å². The number of halogens is 9. The van der Waals surface area contributed by atoms with Gasteiger partial charge in [0.15, 0.2) is 0 Å². The van der Waals surface area contributed by atoms with Crippen molar-refractivity contribution >= 4 is 0 Å². The van der Waals surface area contributed by atoms with E-state index in [1.165, 1.54) is 0 Å². The molecule has 0 saturated heterocycles. The molecule has 19 heavy (non-hydrogen) atoms. The smallest absolute Gasteiger partial charge is 0.250 e. The van der Waals surface area contributed by atoms with Gasteiger partial charge in [-0.05, 0) is 0 Å². The first-order valence-corrected chi connectivity index (χ1v) is 4.50. The normalized spacial score (nSPS) is 14.8. The van der Waals surface area contributed by atoms with E-state index in [1.807, 2.05) is 4.98 Å². The Morgan fingerprint density at radius 2 is 1.37 bits per heavy atom. The van der Waals surface area contributed by atoms with Crippen molar-refractivity contribution in [3.8, 4) is 0 Å². The number of alkyl halides is 9. The molecular weight excluding hydrogens is 295 g/mol. The zero-order chi connectivity index (χ0) is 15.3. The van der Waals surface area contributed by atoms with Crippen LogP contribution in [0.2, 0.25) is 0 Å². The van der Waals surface area contributed by atoms with Gasteiger partial charge in [0, 0.05) is 0 Å². The van der Waals surface area contributed by atoms with E-state index in [9.17, 15) is 39.5 Å². The molecule has 0 spiro atoms. The summed E-state index contributed by atoms with van der Waals surface area (Å²) in [4.78, 5) is 1.89. The van der Waals surface area contributed by atoms with Gasteiger partial charge in [0.05, 0.1) is 7.05 Å². The summed E-state index contributed by atoms with van der Waals surface area (Å²) in [5.74, 6) is -19.2. The molecule has 1 aromatic rings. The third kappa shape index (κ3) is 2.04. The first kappa shape index (κ1) is 15.6. The lowest BCUT2D eigenvalue weighted by atomic mass is 10.0. The van der Waals surface area contributed by atoms with Crippen LogP contribution in [0.1, 0.15) is 5.69 Å². The van der Waals surface area contributed by atoms with Gasteiger partial charge in [0.2, 0.25) is 12.0 Å². The van der Waals surface area contributed by atoms with Gasteiger partial charge >= 0.3 is 23.9 Å². The summed E-state index contributed by atoms with van der Waals surface area (Å²) in [6.07, 6.45) is -5.92. The number of hydrogen-bond acceptors (Lipinski definition) is 0. The highest BCUT2D eigenvalue weighted by molar-refractivity contribution is 5.10. The molecule has 1 heterocycles. The molecule has 110 valence electrons. The highest BCUT2D eigenvalue weighted by Gasteiger charge is 2.83. The molecule has 0 bridgehead atoms. The molecule has 2 nitrogen and oxygen atoms in total. The third-order valence-electron chi connectivity index (χ3n) is 2.33. The Labute approximate surface area is 99.4 Å². The Hall–Kier alpha value is -1.42. The Balaban J connectivity index is 3.38. The molecule has 0 aliphatic rings. The minimum absolute atomic E-state index is 0.209. The van der Waals surface area contributed by atoms with E-state index in [4.69, 9.17) is 0 Å². The molecular formula is C8H6F9N2+. The number of nitrogens with zero attached hydrogens (tertiary/aromatic N) is 1. The lowest BCUT2D eigenvalue weighted by Crippen LogP contribution is -2.61. The van der Waals surface area contributed by atoms with E-state index in [0.717, 1.165) is 7.05 Å². The summed E-state index contributed by atoms with van der Waals surface area (Å²) in [6, 6.07) is 0. The standard InChI is InChI=1S/C8H5F9N2/c1-19-3-18-2-4(19)5(9,10)6(11,12)7(13,14)8(15,16)17/h2-3H,1H3/p+1.